The summed E-state index contributed by atoms with van der Waals surface area (Å²) in [6, 6.07) is 0. The highest BCUT2D eigenvalue weighted by atomic mass is 31.2. The van der Waals surface area contributed by atoms with E-state index in [1.807, 2.05) is 0 Å². The second-order valence-corrected chi connectivity index (χ2v) is 6.32. The molecule has 0 aliphatic carbocycles. The fraction of sp³-hybridized carbons (Fsp3) is 0.778. The molecule has 70 valence electrons. The normalized spacial score (nSPS) is 29.0. The van der Waals surface area contributed by atoms with Gasteiger partial charge in [-0.2, -0.15) is 0 Å². The van der Waals surface area contributed by atoms with E-state index in [2.05, 4.69) is 25.0 Å². The minimum Gasteiger partial charge on any atom is -0.306 e. The van der Waals surface area contributed by atoms with E-state index < -0.39 is 7.29 Å². The lowest BCUT2D eigenvalue weighted by Gasteiger charge is -2.12. The summed E-state index contributed by atoms with van der Waals surface area (Å²) in [5.41, 5.74) is 1.28. The molecule has 0 saturated carbocycles. The molecule has 12 heavy (non-hydrogen) atoms. The van der Waals surface area contributed by atoms with Crippen LogP contribution in [-0.2, 0) is 4.57 Å². The fourth-order valence-electron chi connectivity index (χ4n) is 1.42. The predicted octanol–water partition coefficient (Wildman–Crippen LogP) is 2.61. The molecule has 0 spiro atoms. The van der Waals surface area contributed by atoms with Crippen molar-refractivity contribution in [3.8, 4) is 0 Å². The van der Waals surface area contributed by atoms with Gasteiger partial charge in [0.2, 0.25) is 0 Å². The van der Waals surface area contributed by atoms with E-state index in [1.165, 1.54) is 12.0 Å². The molecule has 1 unspecified atom stereocenters. The summed E-state index contributed by atoms with van der Waals surface area (Å²) < 4.78 is 11.9. The molecular formula is C9H18NOP. The Morgan fingerprint density at radius 3 is 2.92 bits per heavy atom. The lowest BCUT2D eigenvalue weighted by molar-refractivity contribution is 0.567. The van der Waals surface area contributed by atoms with Crippen LogP contribution in [0.2, 0.25) is 0 Å². The first-order valence-electron chi connectivity index (χ1n) is 4.65. The van der Waals surface area contributed by atoms with Crippen LogP contribution in [0.3, 0.4) is 0 Å². The van der Waals surface area contributed by atoms with Crippen molar-refractivity contribution in [1.82, 2.24) is 5.09 Å². The standard InChI is InChI=1S/C9H18NOP/c1-3-4-6-10-12(11)7-5-9(2)8-12/h5H,3-4,6-8H2,1-2H3,(H,10,11). The van der Waals surface area contributed by atoms with Crippen molar-refractivity contribution < 1.29 is 4.57 Å². The van der Waals surface area contributed by atoms with Crippen LogP contribution in [0.15, 0.2) is 11.6 Å². The highest BCUT2D eigenvalue weighted by molar-refractivity contribution is 7.62. The lowest BCUT2D eigenvalue weighted by atomic mass is 10.3. The Labute approximate surface area is 74.9 Å². The van der Waals surface area contributed by atoms with E-state index in [0.717, 1.165) is 25.3 Å². The number of nitrogens with one attached hydrogen (secondary N) is 1. The Morgan fingerprint density at radius 2 is 2.42 bits per heavy atom. The summed E-state index contributed by atoms with van der Waals surface area (Å²) in [5, 5.41) is 3.19. The van der Waals surface area contributed by atoms with Crippen LogP contribution < -0.4 is 5.09 Å². The minimum atomic E-state index is -2.00. The molecule has 0 saturated heterocycles. The molecule has 0 bridgehead atoms. The van der Waals surface area contributed by atoms with Crippen molar-refractivity contribution in [2.75, 3.05) is 18.9 Å². The molecule has 1 aliphatic heterocycles. The molecule has 1 aliphatic rings. The van der Waals surface area contributed by atoms with Gasteiger partial charge >= 0.3 is 0 Å². The Morgan fingerprint density at radius 1 is 1.67 bits per heavy atom. The number of rotatable bonds is 4. The summed E-state index contributed by atoms with van der Waals surface area (Å²) in [4.78, 5) is 0. The number of hydrogen-bond acceptors (Lipinski definition) is 1. The van der Waals surface area contributed by atoms with E-state index in [4.69, 9.17) is 0 Å². The molecule has 0 aromatic carbocycles. The van der Waals surface area contributed by atoms with Gasteiger partial charge in [0.25, 0.3) is 0 Å². The van der Waals surface area contributed by atoms with Gasteiger partial charge in [-0.1, -0.05) is 25.0 Å². The molecule has 1 rings (SSSR count). The zero-order valence-corrected chi connectivity index (χ0v) is 8.86. The summed E-state index contributed by atoms with van der Waals surface area (Å²) in [6.45, 7) is 5.12. The average molecular weight is 187 g/mol. The van der Waals surface area contributed by atoms with Crippen LogP contribution in [0.25, 0.3) is 0 Å². The third-order valence-corrected chi connectivity index (χ3v) is 4.75. The van der Waals surface area contributed by atoms with Crippen molar-refractivity contribution in [2.24, 2.45) is 0 Å². The average Bonchev–Trinajstić information content (AvgIpc) is 2.32. The number of unbranched alkanes of at least 4 members (excludes halogenated alkanes) is 1. The number of hydrogen-bond donors (Lipinski definition) is 1. The van der Waals surface area contributed by atoms with Crippen molar-refractivity contribution >= 4 is 7.29 Å². The molecule has 1 heterocycles. The molecule has 1 atom stereocenters. The van der Waals surface area contributed by atoms with Crippen LogP contribution in [0.1, 0.15) is 26.7 Å². The zero-order chi connectivity index (χ0) is 9.03. The SMILES string of the molecule is CCCCNP1(=O)CC=C(C)C1. The third-order valence-electron chi connectivity index (χ3n) is 2.17. The summed E-state index contributed by atoms with van der Waals surface area (Å²) in [7, 11) is -2.00. The minimum absolute atomic E-state index is 0.766. The second-order valence-electron chi connectivity index (χ2n) is 3.54. The Bertz CT molecular complexity index is 223. The lowest BCUT2D eigenvalue weighted by Crippen LogP contribution is -2.13. The monoisotopic (exact) mass is 187 g/mol. The Hall–Kier alpha value is -0.0700. The van der Waals surface area contributed by atoms with Crippen molar-refractivity contribution in [2.45, 2.75) is 26.7 Å². The van der Waals surface area contributed by atoms with Crippen LogP contribution in [0, 0.1) is 0 Å². The summed E-state index contributed by atoms with van der Waals surface area (Å²) in [6.07, 6.45) is 5.95. The van der Waals surface area contributed by atoms with Gasteiger partial charge < -0.3 is 4.57 Å². The smallest absolute Gasteiger partial charge is 0.155 e. The first-order valence-corrected chi connectivity index (χ1v) is 6.73. The van der Waals surface area contributed by atoms with E-state index in [1.54, 1.807) is 0 Å². The van der Waals surface area contributed by atoms with Crippen LogP contribution >= 0.6 is 7.29 Å². The second kappa shape index (κ2) is 4.25. The van der Waals surface area contributed by atoms with Gasteiger partial charge in [0.1, 0.15) is 0 Å². The highest BCUT2D eigenvalue weighted by Gasteiger charge is 2.24. The maximum Gasteiger partial charge on any atom is 0.155 e. The first kappa shape index (κ1) is 10.0. The maximum atomic E-state index is 11.9. The van der Waals surface area contributed by atoms with E-state index in [0.29, 0.717) is 0 Å². The number of allylic oxidation sites excluding steroid dienone is 2. The van der Waals surface area contributed by atoms with Crippen molar-refractivity contribution in [3.05, 3.63) is 11.6 Å². The molecule has 3 heteroatoms. The third kappa shape index (κ3) is 2.76. The quantitative estimate of drug-likeness (QED) is 0.416. The van der Waals surface area contributed by atoms with Crippen LogP contribution in [-0.4, -0.2) is 18.9 Å². The van der Waals surface area contributed by atoms with Gasteiger partial charge in [-0.25, -0.2) is 0 Å². The molecular weight excluding hydrogens is 169 g/mol. The van der Waals surface area contributed by atoms with Crippen LogP contribution in [0.5, 0.6) is 0 Å². The topological polar surface area (TPSA) is 29.1 Å². The molecule has 2 nitrogen and oxygen atoms in total. The van der Waals surface area contributed by atoms with Gasteiger partial charge in [0.15, 0.2) is 7.29 Å². The van der Waals surface area contributed by atoms with E-state index in [9.17, 15) is 4.57 Å². The highest BCUT2D eigenvalue weighted by Crippen LogP contribution is 2.47. The summed E-state index contributed by atoms with van der Waals surface area (Å²) in [5.74, 6) is 0. The van der Waals surface area contributed by atoms with Crippen molar-refractivity contribution in [1.29, 1.82) is 0 Å². The van der Waals surface area contributed by atoms with Gasteiger partial charge in [0, 0.05) is 18.9 Å². The zero-order valence-electron chi connectivity index (χ0n) is 7.97. The van der Waals surface area contributed by atoms with Crippen molar-refractivity contribution in [3.63, 3.8) is 0 Å². The van der Waals surface area contributed by atoms with E-state index >= 15 is 0 Å². The van der Waals surface area contributed by atoms with Gasteiger partial charge in [-0.05, 0) is 13.3 Å². The van der Waals surface area contributed by atoms with Gasteiger partial charge in [0.05, 0.1) is 0 Å². The van der Waals surface area contributed by atoms with E-state index in [-0.39, 0.29) is 0 Å². The fourth-order valence-corrected chi connectivity index (χ4v) is 3.89. The Balaban J connectivity index is 2.29. The predicted molar refractivity (Wildman–Crippen MR) is 54.0 cm³/mol. The maximum absolute atomic E-state index is 11.9. The first-order chi connectivity index (χ1) is 5.66. The molecule has 1 N–H and O–H groups in total. The molecule has 0 amide bonds. The molecule has 0 aromatic heterocycles. The van der Waals surface area contributed by atoms with Crippen LogP contribution in [0.4, 0.5) is 0 Å². The largest absolute Gasteiger partial charge is 0.306 e. The van der Waals surface area contributed by atoms with Gasteiger partial charge in [-0.15, -0.1) is 0 Å². The summed E-state index contributed by atoms with van der Waals surface area (Å²) >= 11 is 0. The molecule has 0 aromatic rings. The Kier molecular flexibility index (Phi) is 3.54. The molecule has 0 radical (unpaired) electrons. The van der Waals surface area contributed by atoms with Gasteiger partial charge in [-0.3, -0.25) is 5.09 Å². The molecule has 0 fully saturated rings.